The molecule has 0 saturated carbocycles. The molecule has 7 nitrogen and oxygen atoms in total. The Bertz CT molecular complexity index is 1130. The van der Waals surface area contributed by atoms with Crippen LogP contribution in [-0.2, 0) is 0 Å². The number of carbonyl (C=O) groups excluding carboxylic acids is 1. The predicted molar refractivity (Wildman–Crippen MR) is 99.1 cm³/mol. The summed E-state index contributed by atoms with van der Waals surface area (Å²) in [6, 6.07) is 12.8. The van der Waals surface area contributed by atoms with Gasteiger partial charge in [-0.1, -0.05) is 6.07 Å². The monoisotopic (exact) mass is 357 g/mol. The second-order valence-corrected chi connectivity index (χ2v) is 6.28. The molecule has 132 valence electrons. The van der Waals surface area contributed by atoms with Crippen LogP contribution in [0.25, 0.3) is 11.0 Å². The molecule has 5 rings (SSSR count). The van der Waals surface area contributed by atoms with Crippen LogP contribution < -0.4 is 0 Å². The molecule has 1 aliphatic heterocycles. The van der Waals surface area contributed by atoms with Gasteiger partial charge in [-0.05, 0) is 42.0 Å². The molecule has 4 aromatic rings. The highest BCUT2D eigenvalue weighted by molar-refractivity contribution is 6.03. The molecular formula is C20H15N5O2. The summed E-state index contributed by atoms with van der Waals surface area (Å²) in [5.41, 5.74) is 4.27. The summed E-state index contributed by atoms with van der Waals surface area (Å²) in [6.45, 7) is 0. The number of nitrogens with zero attached hydrogens (tertiary/aromatic N) is 4. The van der Waals surface area contributed by atoms with Crippen molar-refractivity contribution in [3.05, 3.63) is 84.3 Å². The lowest BCUT2D eigenvalue weighted by atomic mass is 10.00. The molecule has 4 heterocycles. The van der Waals surface area contributed by atoms with Crippen LogP contribution in [0.15, 0.2) is 76.8 Å². The SMILES string of the molecule is O=C(c1ccco1)N1N=C(c2ccc[nH]2)C[C@H]1c1ccc2nccnc2c1. The number of amides is 1. The van der Waals surface area contributed by atoms with Crippen molar-refractivity contribution >= 4 is 22.7 Å². The number of hydrazone groups is 1. The first-order chi connectivity index (χ1) is 13.3. The van der Waals surface area contributed by atoms with Gasteiger partial charge < -0.3 is 9.40 Å². The molecule has 7 heteroatoms. The number of furan rings is 1. The van der Waals surface area contributed by atoms with Crippen LogP contribution in [0.3, 0.4) is 0 Å². The van der Waals surface area contributed by atoms with Gasteiger partial charge in [0.2, 0.25) is 0 Å². The molecule has 27 heavy (non-hydrogen) atoms. The van der Waals surface area contributed by atoms with E-state index in [1.54, 1.807) is 24.5 Å². The number of fused-ring (bicyclic) bond motifs is 1. The van der Waals surface area contributed by atoms with Crippen LogP contribution in [0.1, 0.15) is 34.3 Å². The molecule has 0 bridgehead atoms. The Morgan fingerprint density at radius 1 is 1.11 bits per heavy atom. The molecule has 1 aromatic carbocycles. The summed E-state index contributed by atoms with van der Waals surface area (Å²) in [5, 5.41) is 6.09. The minimum Gasteiger partial charge on any atom is -0.459 e. The lowest BCUT2D eigenvalue weighted by molar-refractivity contribution is 0.0678. The van der Waals surface area contributed by atoms with Crippen LogP contribution in [0, 0.1) is 0 Å². The van der Waals surface area contributed by atoms with Gasteiger partial charge in [-0.15, -0.1) is 0 Å². The molecule has 0 saturated heterocycles. The topological polar surface area (TPSA) is 87.4 Å². The van der Waals surface area contributed by atoms with Crippen LogP contribution in [0.2, 0.25) is 0 Å². The van der Waals surface area contributed by atoms with Gasteiger partial charge in [0, 0.05) is 25.0 Å². The lowest BCUT2D eigenvalue weighted by Crippen LogP contribution is -2.26. The van der Waals surface area contributed by atoms with Crippen LogP contribution in [-0.4, -0.2) is 31.6 Å². The Morgan fingerprint density at radius 2 is 2.00 bits per heavy atom. The first-order valence-corrected chi connectivity index (χ1v) is 8.58. The van der Waals surface area contributed by atoms with Gasteiger partial charge in [-0.2, -0.15) is 5.10 Å². The summed E-state index contributed by atoms with van der Waals surface area (Å²) in [4.78, 5) is 24.8. The minimum absolute atomic E-state index is 0.243. The van der Waals surface area contributed by atoms with E-state index in [-0.39, 0.29) is 17.7 Å². The zero-order valence-corrected chi connectivity index (χ0v) is 14.2. The van der Waals surface area contributed by atoms with Gasteiger partial charge >= 0.3 is 5.91 Å². The molecule has 1 amide bonds. The fraction of sp³-hybridized carbons (Fsp3) is 0.100. The lowest BCUT2D eigenvalue weighted by Gasteiger charge is -2.21. The van der Waals surface area contributed by atoms with Crippen LogP contribution in [0.5, 0.6) is 0 Å². The molecule has 1 N–H and O–H groups in total. The maximum atomic E-state index is 13.0. The van der Waals surface area contributed by atoms with Crippen molar-refractivity contribution in [1.29, 1.82) is 0 Å². The van der Waals surface area contributed by atoms with E-state index in [9.17, 15) is 4.79 Å². The van der Waals surface area contributed by atoms with E-state index in [4.69, 9.17) is 4.42 Å². The highest BCUT2D eigenvalue weighted by Crippen LogP contribution is 2.34. The van der Waals surface area contributed by atoms with E-state index >= 15 is 0 Å². The van der Waals surface area contributed by atoms with E-state index in [0.717, 1.165) is 28.0 Å². The summed E-state index contributed by atoms with van der Waals surface area (Å²) >= 11 is 0. The number of aromatic amines is 1. The molecule has 0 aliphatic carbocycles. The molecular weight excluding hydrogens is 342 g/mol. The highest BCUT2D eigenvalue weighted by Gasteiger charge is 2.35. The normalized spacial score (nSPS) is 16.7. The third kappa shape index (κ3) is 2.69. The maximum Gasteiger partial charge on any atom is 0.310 e. The fourth-order valence-corrected chi connectivity index (χ4v) is 3.33. The molecule has 1 atom stereocenters. The second kappa shape index (κ2) is 6.21. The smallest absolute Gasteiger partial charge is 0.310 e. The molecule has 0 fully saturated rings. The fourth-order valence-electron chi connectivity index (χ4n) is 3.33. The average Bonchev–Trinajstić information content (AvgIpc) is 3.48. The summed E-state index contributed by atoms with van der Waals surface area (Å²) in [5.74, 6) is -0.0112. The van der Waals surface area contributed by atoms with Crippen molar-refractivity contribution in [1.82, 2.24) is 20.0 Å². The Morgan fingerprint density at radius 3 is 2.78 bits per heavy atom. The second-order valence-electron chi connectivity index (χ2n) is 6.28. The zero-order valence-electron chi connectivity index (χ0n) is 14.2. The van der Waals surface area contributed by atoms with Gasteiger partial charge in [0.1, 0.15) is 0 Å². The number of hydrogen-bond acceptors (Lipinski definition) is 5. The standard InChI is InChI=1S/C20H15N5O2/c26-20(19-4-2-10-27-19)25-18(12-17(24-25)14-3-1-7-21-14)13-5-6-15-16(11-13)23-9-8-22-15/h1-11,18,21H,12H2/t18-/m0/s1. The van der Waals surface area contributed by atoms with Crippen molar-refractivity contribution in [2.45, 2.75) is 12.5 Å². The van der Waals surface area contributed by atoms with Gasteiger partial charge in [0.25, 0.3) is 0 Å². The Kier molecular flexibility index (Phi) is 3.57. The van der Waals surface area contributed by atoms with Crippen LogP contribution >= 0.6 is 0 Å². The van der Waals surface area contributed by atoms with E-state index < -0.39 is 0 Å². The first-order valence-electron chi connectivity index (χ1n) is 8.58. The number of H-pyrrole nitrogens is 1. The van der Waals surface area contributed by atoms with Crippen molar-refractivity contribution < 1.29 is 9.21 Å². The molecule has 0 spiro atoms. The summed E-state index contributed by atoms with van der Waals surface area (Å²) in [7, 11) is 0. The van der Waals surface area contributed by atoms with Gasteiger partial charge in [0.15, 0.2) is 5.76 Å². The molecule has 0 unspecified atom stereocenters. The van der Waals surface area contributed by atoms with Gasteiger partial charge in [0.05, 0.1) is 34.7 Å². The van der Waals surface area contributed by atoms with Crippen molar-refractivity contribution in [2.24, 2.45) is 5.10 Å². The predicted octanol–water partition coefficient (Wildman–Crippen LogP) is 3.54. The summed E-state index contributed by atoms with van der Waals surface area (Å²) in [6.07, 6.45) is 7.25. The number of benzene rings is 1. The molecule has 3 aromatic heterocycles. The minimum atomic E-state index is -0.272. The van der Waals surface area contributed by atoms with Crippen molar-refractivity contribution in [3.8, 4) is 0 Å². The first kappa shape index (κ1) is 15.5. The zero-order chi connectivity index (χ0) is 18.2. The Labute approximate surface area is 154 Å². The highest BCUT2D eigenvalue weighted by atomic mass is 16.3. The number of nitrogens with one attached hydrogen (secondary N) is 1. The number of carbonyl (C=O) groups is 1. The van der Waals surface area contributed by atoms with E-state index in [1.807, 2.05) is 36.5 Å². The largest absolute Gasteiger partial charge is 0.459 e. The third-order valence-corrected chi connectivity index (χ3v) is 4.64. The van der Waals surface area contributed by atoms with Crippen molar-refractivity contribution in [3.63, 3.8) is 0 Å². The number of hydrogen-bond donors (Lipinski definition) is 1. The number of aromatic nitrogens is 3. The quantitative estimate of drug-likeness (QED) is 0.607. The Balaban J connectivity index is 1.57. The molecule has 0 radical (unpaired) electrons. The maximum absolute atomic E-state index is 13.0. The van der Waals surface area contributed by atoms with E-state index in [0.29, 0.717) is 6.42 Å². The van der Waals surface area contributed by atoms with Crippen LogP contribution in [0.4, 0.5) is 0 Å². The van der Waals surface area contributed by atoms with E-state index in [1.165, 1.54) is 11.3 Å². The van der Waals surface area contributed by atoms with Gasteiger partial charge in [-0.25, -0.2) is 5.01 Å². The van der Waals surface area contributed by atoms with E-state index in [2.05, 4.69) is 20.1 Å². The average molecular weight is 357 g/mol. The van der Waals surface area contributed by atoms with Crippen molar-refractivity contribution in [2.75, 3.05) is 0 Å². The molecule has 1 aliphatic rings. The van der Waals surface area contributed by atoms with Gasteiger partial charge in [-0.3, -0.25) is 14.8 Å². The number of rotatable bonds is 3. The summed E-state index contributed by atoms with van der Waals surface area (Å²) < 4.78 is 5.30. The third-order valence-electron chi connectivity index (χ3n) is 4.64. The Hall–Kier alpha value is -3.74.